The first-order valence-corrected chi connectivity index (χ1v) is 7.84. The molecule has 146 valence electrons. The zero-order valence-corrected chi connectivity index (χ0v) is 14.4. The minimum Gasteiger partial charge on any atom is -0.370 e. The van der Waals surface area contributed by atoms with E-state index < -0.39 is 48.7 Å². The van der Waals surface area contributed by atoms with Gasteiger partial charge in [-0.1, -0.05) is 12.1 Å². The summed E-state index contributed by atoms with van der Waals surface area (Å²) >= 11 is 0. The van der Waals surface area contributed by atoms with E-state index in [-0.39, 0.29) is 32.1 Å². The van der Waals surface area contributed by atoms with Crippen LogP contribution in [0.3, 0.4) is 0 Å². The smallest absolute Gasteiger partial charge is 0.370 e. The van der Waals surface area contributed by atoms with Crippen molar-refractivity contribution in [2.75, 3.05) is 26.2 Å². The SMILES string of the molecule is Cl.O=C(C1CC(F)(F)CN1)N1CCOC(c2cccc(C(F)(F)F)c2)C1. The highest BCUT2D eigenvalue weighted by Crippen LogP contribution is 2.33. The van der Waals surface area contributed by atoms with Crippen molar-refractivity contribution in [3.63, 3.8) is 0 Å². The highest BCUT2D eigenvalue weighted by atomic mass is 35.5. The minimum absolute atomic E-state index is 0. The van der Waals surface area contributed by atoms with Gasteiger partial charge in [0.1, 0.15) is 6.10 Å². The number of hydrogen-bond acceptors (Lipinski definition) is 3. The van der Waals surface area contributed by atoms with E-state index in [1.54, 1.807) is 0 Å². The quantitative estimate of drug-likeness (QED) is 0.776. The van der Waals surface area contributed by atoms with Gasteiger partial charge in [-0.25, -0.2) is 8.78 Å². The second-order valence-corrected chi connectivity index (χ2v) is 6.26. The Morgan fingerprint density at radius 2 is 2.04 bits per heavy atom. The summed E-state index contributed by atoms with van der Waals surface area (Å²) in [5.41, 5.74) is -0.494. The molecule has 1 amide bonds. The summed E-state index contributed by atoms with van der Waals surface area (Å²) < 4.78 is 70.5. The molecule has 2 atom stereocenters. The molecule has 2 aliphatic rings. The summed E-state index contributed by atoms with van der Waals surface area (Å²) in [7, 11) is 0. The molecule has 0 bridgehead atoms. The number of nitrogens with zero attached hydrogens (tertiary/aromatic N) is 1. The third-order valence-electron chi connectivity index (χ3n) is 4.37. The molecule has 0 radical (unpaired) electrons. The predicted molar refractivity (Wildman–Crippen MR) is 85.3 cm³/mol. The maximum absolute atomic E-state index is 13.3. The van der Waals surface area contributed by atoms with Crippen molar-refractivity contribution in [1.82, 2.24) is 10.2 Å². The van der Waals surface area contributed by atoms with Gasteiger partial charge in [0.25, 0.3) is 5.92 Å². The summed E-state index contributed by atoms with van der Waals surface area (Å²) in [4.78, 5) is 13.8. The lowest BCUT2D eigenvalue weighted by molar-refractivity contribution is -0.142. The van der Waals surface area contributed by atoms with Gasteiger partial charge in [0.2, 0.25) is 5.91 Å². The second-order valence-electron chi connectivity index (χ2n) is 6.26. The molecule has 4 nitrogen and oxygen atoms in total. The van der Waals surface area contributed by atoms with Crippen LogP contribution >= 0.6 is 12.4 Å². The van der Waals surface area contributed by atoms with E-state index in [4.69, 9.17) is 4.74 Å². The van der Waals surface area contributed by atoms with Crippen molar-refractivity contribution < 1.29 is 31.5 Å². The van der Waals surface area contributed by atoms with Gasteiger partial charge < -0.3 is 9.64 Å². The molecule has 0 aliphatic carbocycles. The lowest BCUT2D eigenvalue weighted by atomic mass is 10.0. The van der Waals surface area contributed by atoms with Gasteiger partial charge in [-0.2, -0.15) is 13.2 Å². The molecule has 0 saturated carbocycles. The summed E-state index contributed by atoms with van der Waals surface area (Å²) in [6.07, 6.45) is -5.77. The van der Waals surface area contributed by atoms with Crippen LogP contribution in [0.4, 0.5) is 22.0 Å². The van der Waals surface area contributed by atoms with Crippen LogP contribution < -0.4 is 5.32 Å². The number of nitrogens with one attached hydrogen (secondary N) is 1. The van der Waals surface area contributed by atoms with Gasteiger partial charge in [0, 0.05) is 13.0 Å². The number of alkyl halides is 5. The molecule has 2 fully saturated rings. The number of ether oxygens (including phenoxy) is 1. The number of carbonyl (C=O) groups excluding carboxylic acids is 1. The van der Waals surface area contributed by atoms with Crippen molar-refractivity contribution in [3.8, 4) is 0 Å². The molecule has 2 aliphatic heterocycles. The Balaban J connectivity index is 0.00000243. The Bertz CT molecular complexity index is 656. The van der Waals surface area contributed by atoms with E-state index in [2.05, 4.69) is 5.32 Å². The number of amides is 1. The first-order valence-electron chi connectivity index (χ1n) is 7.84. The lowest BCUT2D eigenvalue weighted by Crippen LogP contribution is -2.49. The molecule has 10 heteroatoms. The number of hydrogen-bond donors (Lipinski definition) is 1. The Labute approximate surface area is 153 Å². The standard InChI is InChI=1S/C16H17F5N2O2.ClH/c17-15(18)7-12(22-9-15)14(24)23-4-5-25-13(8-23)10-2-1-3-11(6-10)16(19,20)21;/h1-3,6,12-13,22H,4-5,7-9H2;1H. The van der Waals surface area contributed by atoms with Crippen LogP contribution in [0.2, 0.25) is 0 Å². The summed E-state index contributed by atoms with van der Waals surface area (Å²) in [6, 6.07) is 3.74. The molecule has 3 rings (SSSR count). The highest BCUT2D eigenvalue weighted by molar-refractivity contribution is 5.85. The van der Waals surface area contributed by atoms with Crippen LogP contribution in [0.15, 0.2) is 24.3 Å². The average Bonchev–Trinajstić information content (AvgIpc) is 2.93. The van der Waals surface area contributed by atoms with Crippen LogP contribution in [0, 0.1) is 0 Å². The molecule has 1 aromatic rings. The van der Waals surface area contributed by atoms with E-state index in [9.17, 15) is 26.7 Å². The molecular formula is C16H18ClF5N2O2. The first kappa shape index (κ1) is 20.9. The average molecular weight is 401 g/mol. The third-order valence-corrected chi connectivity index (χ3v) is 4.37. The van der Waals surface area contributed by atoms with Gasteiger partial charge >= 0.3 is 6.18 Å². The van der Waals surface area contributed by atoms with Crippen molar-refractivity contribution in [2.24, 2.45) is 0 Å². The van der Waals surface area contributed by atoms with E-state index in [0.29, 0.717) is 5.56 Å². The fourth-order valence-electron chi connectivity index (χ4n) is 3.08. The fourth-order valence-corrected chi connectivity index (χ4v) is 3.08. The van der Waals surface area contributed by atoms with Gasteiger partial charge in [-0.15, -0.1) is 12.4 Å². The Hall–Kier alpha value is -1.45. The van der Waals surface area contributed by atoms with Gasteiger partial charge in [0.15, 0.2) is 0 Å². The van der Waals surface area contributed by atoms with Gasteiger partial charge in [-0.3, -0.25) is 10.1 Å². The van der Waals surface area contributed by atoms with Crippen molar-refractivity contribution in [1.29, 1.82) is 0 Å². The van der Waals surface area contributed by atoms with Crippen LogP contribution in [0.5, 0.6) is 0 Å². The van der Waals surface area contributed by atoms with E-state index in [1.807, 2.05) is 0 Å². The molecular weight excluding hydrogens is 383 g/mol. The van der Waals surface area contributed by atoms with Crippen LogP contribution in [0.1, 0.15) is 23.7 Å². The Morgan fingerprint density at radius 3 is 2.65 bits per heavy atom. The summed E-state index contributed by atoms with van der Waals surface area (Å²) in [5, 5.41) is 2.50. The molecule has 2 saturated heterocycles. The van der Waals surface area contributed by atoms with E-state index in [1.165, 1.54) is 17.0 Å². The maximum atomic E-state index is 13.3. The maximum Gasteiger partial charge on any atom is 0.416 e. The summed E-state index contributed by atoms with van der Waals surface area (Å²) in [6.45, 7) is -0.164. The lowest BCUT2D eigenvalue weighted by Gasteiger charge is -2.34. The molecule has 0 aromatic heterocycles. The number of halogens is 6. The van der Waals surface area contributed by atoms with Gasteiger partial charge in [-0.05, 0) is 17.7 Å². The van der Waals surface area contributed by atoms with Crippen LogP contribution in [-0.4, -0.2) is 49.0 Å². The number of rotatable bonds is 2. The topological polar surface area (TPSA) is 41.6 Å². The number of carbonyl (C=O) groups is 1. The number of benzene rings is 1. The second kappa shape index (κ2) is 7.66. The summed E-state index contributed by atoms with van der Waals surface area (Å²) in [5.74, 6) is -3.40. The van der Waals surface area contributed by atoms with Crippen molar-refractivity contribution in [2.45, 2.75) is 30.7 Å². The Morgan fingerprint density at radius 1 is 1.31 bits per heavy atom. The van der Waals surface area contributed by atoms with Crippen LogP contribution in [0.25, 0.3) is 0 Å². The van der Waals surface area contributed by atoms with E-state index in [0.717, 1.165) is 12.1 Å². The molecule has 0 spiro atoms. The van der Waals surface area contributed by atoms with Crippen molar-refractivity contribution >= 4 is 18.3 Å². The third kappa shape index (κ3) is 4.63. The zero-order valence-electron chi connectivity index (χ0n) is 13.6. The first-order chi connectivity index (χ1) is 11.7. The molecule has 1 aromatic carbocycles. The highest BCUT2D eigenvalue weighted by Gasteiger charge is 2.44. The fraction of sp³-hybridized carbons (Fsp3) is 0.562. The monoisotopic (exact) mass is 400 g/mol. The molecule has 1 N–H and O–H groups in total. The Kier molecular flexibility index (Phi) is 6.14. The largest absolute Gasteiger partial charge is 0.416 e. The molecule has 2 unspecified atom stereocenters. The van der Waals surface area contributed by atoms with E-state index >= 15 is 0 Å². The zero-order chi connectivity index (χ0) is 18.2. The van der Waals surface area contributed by atoms with Crippen molar-refractivity contribution in [3.05, 3.63) is 35.4 Å². The van der Waals surface area contributed by atoms with Gasteiger partial charge in [0.05, 0.1) is 31.3 Å². The predicted octanol–water partition coefficient (Wildman–Crippen LogP) is 3.02. The molecule has 26 heavy (non-hydrogen) atoms. The normalized spacial score (nSPS) is 25.7. The number of morpholine rings is 1. The minimum atomic E-state index is -4.47. The molecule has 2 heterocycles. The van der Waals surface area contributed by atoms with Crippen LogP contribution in [-0.2, 0) is 15.7 Å².